The Morgan fingerprint density at radius 1 is 1.38 bits per heavy atom. The number of aromatic nitrogens is 2. The smallest absolute Gasteiger partial charge is 0.404 e. The van der Waals surface area contributed by atoms with Crippen molar-refractivity contribution in [1.29, 1.82) is 0 Å². The van der Waals surface area contributed by atoms with Crippen molar-refractivity contribution in [2.75, 3.05) is 13.2 Å². The third kappa shape index (κ3) is 2.85. The third-order valence-corrected chi connectivity index (χ3v) is 3.56. The van der Waals surface area contributed by atoms with Crippen LogP contribution in [0.4, 0.5) is 4.79 Å². The van der Waals surface area contributed by atoms with E-state index in [1.54, 1.807) is 12.4 Å². The van der Waals surface area contributed by atoms with Crippen LogP contribution in [0.15, 0.2) is 36.7 Å². The van der Waals surface area contributed by atoms with Crippen LogP contribution in [0.5, 0.6) is 0 Å². The molecule has 3 rings (SSSR count). The summed E-state index contributed by atoms with van der Waals surface area (Å²) in [6.07, 6.45) is 2.91. The number of carbonyl (C=O) groups is 1. The Morgan fingerprint density at radius 2 is 2.29 bits per heavy atom. The number of ether oxygens (including phenoxy) is 1. The van der Waals surface area contributed by atoms with E-state index < -0.39 is 6.09 Å². The molecular weight excluding hydrogens is 270 g/mol. The molecule has 21 heavy (non-hydrogen) atoms. The zero-order chi connectivity index (χ0) is 14.7. The van der Waals surface area contributed by atoms with E-state index in [0.717, 1.165) is 23.1 Å². The molecule has 1 aromatic heterocycles. The van der Waals surface area contributed by atoms with Crippen molar-refractivity contribution in [2.24, 2.45) is 0 Å². The van der Waals surface area contributed by atoms with E-state index >= 15 is 0 Å². The fraction of sp³-hybridized carbons (Fsp3) is 0.267. The van der Waals surface area contributed by atoms with E-state index in [2.05, 4.69) is 15.5 Å². The first-order valence-corrected chi connectivity index (χ1v) is 6.73. The lowest BCUT2D eigenvalue weighted by molar-refractivity contribution is 0.0428. The molecule has 0 fully saturated rings. The highest BCUT2D eigenvalue weighted by Crippen LogP contribution is 2.33. The molecule has 1 unspecified atom stereocenters. The van der Waals surface area contributed by atoms with Crippen molar-refractivity contribution in [3.05, 3.63) is 47.8 Å². The number of nitrogens with zero attached hydrogens (tertiary/aromatic N) is 2. The second kappa shape index (κ2) is 5.88. The number of rotatable bonds is 3. The number of nitrogens with one attached hydrogen (secondary N) is 1. The SMILES string of the molecule is O=C(O)NCC1OCCc2c(-c3ccnnc3)cccc21. The van der Waals surface area contributed by atoms with E-state index in [0.29, 0.717) is 6.61 Å². The number of fused-ring (bicyclic) bond motifs is 1. The molecule has 1 atom stereocenters. The maximum atomic E-state index is 10.7. The molecule has 1 aromatic carbocycles. The summed E-state index contributed by atoms with van der Waals surface area (Å²) in [5, 5.41) is 18.8. The third-order valence-electron chi connectivity index (χ3n) is 3.56. The van der Waals surface area contributed by atoms with E-state index in [-0.39, 0.29) is 12.6 Å². The van der Waals surface area contributed by atoms with E-state index in [9.17, 15) is 4.79 Å². The molecule has 0 saturated carbocycles. The maximum Gasteiger partial charge on any atom is 0.404 e. The van der Waals surface area contributed by atoms with Crippen LogP contribution in [0.3, 0.4) is 0 Å². The maximum absolute atomic E-state index is 10.7. The molecule has 0 spiro atoms. The van der Waals surface area contributed by atoms with Crippen molar-refractivity contribution in [1.82, 2.24) is 15.5 Å². The van der Waals surface area contributed by atoms with Gasteiger partial charge in [0, 0.05) is 5.56 Å². The van der Waals surface area contributed by atoms with Crippen LogP contribution in [0, 0.1) is 0 Å². The summed E-state index contributed by atoms with van der Waals surface area (Å²) < 4.78 is 5.69. The van der Waals surface area contributed by atoms with Gasteiger partial charge >= 0.3 is 6.09 Å². The van der Waals surface area contributed by atoms with E-state index in [1.165, 1.54) is 5.56 Å². The molecule has 6 heteroatoms. The first kappa shape index (κ1) is 13.5. The number of hydrogen-bond donors (Lipinski definition) is 2. The summed E-state index contributed by atoms with van der Waals surface area (Å²) in [6, 6.07) is 7.91. The zero-order valence-electron chi connectivity index (χ0n) is 11.3. The summed E-state index contributed by atoms with van der Waals surface area (Å²) >= 11 is 0. The summed E-state index contributed by atoms with van der Waals surface area (Å²) in [4.78, 5) is 10.7. The minimum atomic E-state index is -1.04. The molecular formula is C15H15N3O3. The van der Waals surface area contributed by atoms with Gasteiger partial charge in [0.2, 0.25) is 0 Å². The normalized spacial score (nSPS) is 17.0. The van der Waals surface area contributed by atoms with Crippen LogP contribution in [0.25, 0.3) is 11.1 Å². The summed E-state index contributed by atoms with van der Waals surface area (Å²) in [5.74, 6) is 0. The highest BCUT2D eigenvalue weighted by atomic mass is 16.5. The van der Waals surface area contributed by atoms with Gasteiger partial charge < -0.3 is 15.2 Å². The Morgan fingerprint density at radius 3 is 3.05 bits per heavy atom. The van der Waals surface area contributed by atoms with Gasteiger partial charge in [0.15, 0.2) is 0 Å². The monoisotopic (exact) mass is 285 g/mol. The standard InChI is InChI=1S/C15H15N3O3/c19-15(20)16-9-14-13-3-1-2-11(12(13)5-7-21-14)10-4-6-17-18-8-10/h1-4,6,8,14,16H,5,7,9H2,(H,19,20). The molecule has 2 aromatic rings. The van der Waals surface area contributed by atoms with Crippen LogP contribution in [-0.4, -0.2) is 34.5 Å². The molecule has 0 aliphatic carbocycles. The Hall–Kier alpha value is -2.47. The highest BCUT2D eigenvalue weighted by Gasteiger charge is 2.23. The topological polar surface area (TPSA) is 84.3 Å². The fourth-order valence-electron chi connectivity index (χ4n) is 2.65. The number of benzene rings is 1. The average Bonchev–Trinajstić information content (AvgIpc) is 2.53. The quantitative estimate of drug-likeness (QED) is 0.901. The lowest BCUT2D eigenvalue weighted by atomic mass is 9.90. The molecule has 2 N–H and O–H groups in total. The number of hydrogen-bond acceptors (Lipinski definition) is 4. The van der Waals surface area contributed by atoms with Gasteiger partial charge in [-0.15, -0.1) is 0 Å². The number of amides is 1. The van der Waals surface area contributed by atoms with Gasteiger partial charge in [-0.3, -0.25) is 0 Å². The molecule has 0 bridgehead atoms. The number of carboxylic acid groups (broad SMARTS) is 1. The van der Waals surface area contributed by atoms with Gasteiger partial charge in [-0.2, -0.15) is 10.2 Å². The van der Waals surface area contributed by atoms with Crippen LogP contribution in [0.1, 0.15) is 17.2 Å². The van der Waals surface area contributed by atoms with Gasteiger partial charge in [0.05, 0.1) is 25.5 Å². The molecule has 1 aliphatic rings. The molecule has 108 valence electrons. The van der Waals surface area contributed by atoms with Gasteiger partial charge in [-0.05, 0) is 29.2 Å². The zero-order valence-corrected chi connectivity index (χ0v) is 11.3. The molecule has 0 radical (unpaired) electrons. The van der Waals surface area contributed by atoms with Crippen LogP contribution < -0.4 is 5.32 Å². The summed E-state index contributed by atoms with van der Waals surface area (Å²) in [7, 11) is 0. The molecule has 0 saturated heterocycles. The van der Waals surface area contributed by atoms with Crippen molar-refractivity contribution >= 4 is 6.09 Å². The predicted octanol–water partition coefficient (Wildman–Crippen LogP) is 2.02. The van der Waals surface area contributed by atoms with Gasteiger partial charge in [0.25, 0.3) is 0 Å². The van der Waals surface area contributed by atoms with Crippen molar-refractivity contribution in [3.63, 3.8) is 0 Å². The van der Waals surface area contributed by atoms with Crippen LogP contribution in [0.2, 0.25) is 0 Å². The van der Waals surface area contributed by atoms with Crippen molar-refractivity contribution in [2.45, 2.75) is 12.5 Å². The Kier molecular flexibility index (Phi) is 3.79. The molecule has 1 amide bonds. The minimum absolute atomic E-state index is 0.250. The second-order valence-electron chi connectivity index (χ2n) is 4.80. The Labute approximate surface area is 121 Å². The lowest BCUT2D eigenvalue weighted by Crippen LogP contribution is -2.30. The Balaban J connectivity index is 1.96. The van der Waals surface area contributed by atoms with Crippen molar-refractivity contribution in [3.8, 4) is 11.1 Å². The summed E-state index contributed by atoms with van der Waals surface area (Å²) in [6.45, 7) is 0.828. The first-order chi connectivity index (χ1) is 10.3. The highest BCUT2D eigenvalue weighted by molar-refractivity contribution is 5.68. The van der Waals surface area contributed by atoms with Gasteiger partial charge in [-0.1, -0.05) is 18.2 Å². The fourth-order valence-corrected chi connectivity index (χ4v) is 2.65. The minimum Gasteiger partial charge on any atom is -0.465 e. The average molecular weight is 285 g/mol. The van der Waals surface area contributed by atoms with E-state index in [4.69, 9.17) is 9.84 Å². The predicted molar refractivity (Wildman–Crippen MR) is 75.9 cm³/mol. The molecule has 6 nitrogen and oxygen atoms in total. The largest absolute Gasteiger partial charge is 0.465 e. The summed E-state index contributed by atoms with van der Waals surface area (Å²) in [5.41, 5.74) is 4.33. The van der Waals surface area contributed by atoms with Gasteiger partial charge in [0.1, 0.15) is 6.10 Å². The Bertz CT molecular complexity index is 646. The second-order valence-corrected chi connectivity index (χ2v) is 4.80. The van der Waals surface area contributed by atoms with Gasteiger partial charge in [-0.25, -0.2) is 4.79 Å². The van der Waals surface area contributed by atoms with Crippen LogP contribution >= 0.6 is 0 Å². The first-order valence-electron chi connectivity index (χ1n) is 6.73. The van der Waals surface area contributed by atoms with E-state index in [1.807, 2.05) is 24.3 Å². The van der Waals surface area contributed by atoms with Crippen LogP contribution in [-0.2, 0) is 11.2 Å². The lowest BCUT2D eigenvalue weighted by Gasteiger charge is -2.27. The van der Waals surface area contributed by atoms with Crippen molar-refractivity contribution < 1.29 is 14.6 Å². The molecule has 2 heterocycles. The molecule has 1 aliphatic heterocycles.